The molecule has 0 aromatic heterocycles. The van der Waals surface area contributed by atoms with E-state index < -0.39 is 0 Å². The van der Waals surface area contributed by atoms with E-state index in [0.717, 1.165) is 11.3 Å². The lowest BCUT2D eigenvalue weighted by Gasteiger charge is -2.18. The van der Waals surface area contributed by atoms with Crippen LogP contribution in [0.2, 0.25) is 5.02 Å². The molecule has 5 heteroatoms. The maximum atomic E-state index is 12.2. The second kappa shape index (κ2) is 9.23. The minimum absolute atomic E-state index is 0.0442. The van der Waals surface area contributed by atoms with Gasteiger partial charge in [-0.15, -0.1) is 0 Å². The number of methoxy groups -OCH3 is 1. The molecule has 25 heavy (non-hydrogen) atoms. The summed E-state index contributed by atoms with van der Waals surface area (Å²) in [6, 6.07) is 14.5. The zero-order valence-corrected chi connectivity index (χ0v) is 15.3. The van der Waals surface area contributed by atoms with E-state index in [1.54, 1.807) is 43.3 Å². The Bertz CT molecular complexity index is 728. The third kappa shape index (κ3) is 5.61. The number of halogens is 1. The number of carbonyl (C=O) groups is 2. The Kier molecular flexibility index (Phi) is 7.02. The van der Waals surface area contributed by atoms with Gasteiger partial charge in [-0.2, -0.15) is 0 Å². The highest BCUT2D eigenvalue weighted by Crippen LogP contribution is 2.18. The predicted molar refractivity (Wildman–Crippen MR) is 99.4 cm³/mol. The summed E-state index contributed by atoms with van der Waals surface area (Å²) in [6.45, 7) is 0.578. The molecule has 2 aromatic carbocycles. The molecule has 0 fully saturated rings. The highest BCUT2D eigenvalue weighted by atomic mass is 35.5. The number of carbonyl (C=O) groups excluding carboxylic acids is 2. The first-order valence-corrected chi connectivity index (χ1v) is 8.53. The topological polar surface area (TPSA) is 46.6 Å². The van der Waals surface area contributed by atoms with Crippen molar-refractivity contribution in [3.63, 3.8) is 0 Å². The van der Waals surface area contributed by atoms with Gasteiger partial charge in [0.1, 0.15) is 5.75 Å². The molecular weight excluding hydrogens is 338 g/mol. The number of nitrogens with zero attached hydrogens (tertiary/aromatic N) is 1. The maximum Gasteiger partial charge on any atom is 0.222 e. The van der Waals surface area contributed by atoms with Crippen LogP contribution in [0.4, 0.5) is 0 Å². The van der Waals surface area contributed by atoms with Crippen molar-refractivity contribution in [2.24, 2.45) is 0 Å². The van der Waals surface area contributed by atoms with Crippen LogP contribution in [-0.4, -0.2) is 37.3 Å². The first kappa shape index (κ1) is 19.0. The van der Waals surface area contributed by atoms with Crippen LogP contribution in [0.5, 0.6) is 5.75 Å². The number of benzene rings is 2. The molecule has 0 N–H and O–H groups in total. The van der Waals surface area contributed by atoms with Crippen molar-refractivity contribution in [2.75, 3.05) is 20.7 Å². The highest BCUT2D eigenvalue weighted by Gasteiger charge is 2.13. The SMILES string of the molecule is COc1ccccc1CCN(C)C(=O)CCC(=O)c1ccc(Cl)cc1. The van der Waals surface area contributed by atoms with E-state index in [0.29, 0.717) is 23.6 Å². The van der Waals surface area contributed by atoms with Crippen LogP contribution in [0, 0.1) is 0 Å². The van der Waals surface area contributed by atoms with Crippen LogP contribution >= 0.6 is 11.6 Å². The van der Waals surface area contributed by atoms with Crippen molar-refractivity contribution in [2.45, 2.75) is 19.3 Å². The van der Waals surface area contributed by atoms with Gasteiger partial charge in [-0.25, -0.2) is 0 Å². The monoisotopic (exact) mass is 359 g/mol. The lowest BCUT2D eigenvalue weighted by Crippen LogP contribution is -2.29. The predicted octanol–water partition coefficient (Wildman–Crippen LogP) is 4.01. The third-order valence-corrected chi connectivity index (χ3v) is 4.32. The molecule has 0 saturated carbocycles. The summed E-state index contributed by atoms with van der Waals surface area (Å²) in [5.41, 5.74) is 1.63. The molecule has 132 valence electrons. The summed E-state index contributed by atoms with van der Waals surface area (Å²) in [5.74, 6) is 0.724. The zero-order chi connectivity index (χ0) is 18.2. The molecular formula is C20H22ClNO3. The number of Topliss-reactive ketones (excluding diaryl/α,β-unsaturated/α-hetero) is 1. The van der Waals surface area contributed by atoms with Gasteiger partial charge in [-0.05, 0) is 42.3 Å². The molecule has 2 rings (SSSR count). The third-order valence-electron chi connectivity index (χ3n) is 4.07. The highest BCUT2D eigenvalue weighted by molar-refractivity contribution is 6.30. The van der Waals surface area contributed by atoms with Gasteiger partial charge in [0.05, 0.1) is 7.11 Å². The molecule has 0 aliphatic heterocycles. The Hall–Kier alpha value is -2.33. The average molecular weight is 360 g/mol. The summed E-state index contributed by atoms with van der Waals surface area (Å²) in [7, 11) is 3.39. The number of hydrogen-bond donors (Lipinski definition) is 0. The largest absolute Gasteiger partial charge is 0.496 e. The van der Waals surface area contributed by atoms with Crippen molar-refractivity contribution in [3.05, 3.63) is 64.7 Å². The lowest BCUT2D eigenvalue weighted by atomic mass is 10.1. The van der Waals surface area contributed by atoms with Crippen LogP contribution in [0.3, 0.4) is 0 Å². The number of rotatable bonds is 8. The fourth-order valence-electron chi connectivity index (χ4n) is 2.51. The fraction of sp³-hybridized carbons (Fsp3) is 0.300. The summed E-state index contributed by atoms with van der Waals surface area (Å²) in [4.78, 5) is 26.0. The molecule has 0 aliphatic carbocycles. The molecule has 0 unspecified atom stereocenters. The number of hydrogen-bond acceptors (Lipinski definition) is 3. The van der Waals surface area contributed by atoms with Gasteiger partial charge in [-0.1, -0.05) is 29.8 Å². The summed E-state index contributed by atoms with van der Waals surface area (Å²) in [6.07, 6.45) is 1.10. The molecule has 0 atom stereocenters. The molecule has 0 bridgehead atoms. The van der Waals surface area contributed by atoms with Crippen molar-refractivity contribution >= 4 is 23.3 Å². The number of ether oxygens (including phenoxy) is 1. The van der Waals surface area contributed by atoms with Gasteiger partial charge in [0, 0.05) is 37.0 Å². The quantitative estimate of drug-likeness (QED) is 0.669. The Balaban J connectivity index is 1.82. The first-order valence-electron chi connectivity index (χ1n) is 8.16. The Morgan fingerprint density at radius 1 is 1.04 bits per heavy atom. The fourth-order valence-corrected chi connectivity index (χ4v) is 2.64. The number of ketones is 1. The van der Waals surface area contributed by atoms with Crippen molar-refractivity contribution in [3.8, 4) is 5.75 Å². The second-order valence-corrected chi connectivity index (χ2v) is 6.24. The zero-order valence-electron chi connectivity index (χ0n) is 14.5. The van der Waals surface area contributed by atoms with Gasteiger partial charge >= 0.3 is 0 Å². The summed E-state index contributed by atoms with van der Waals surface area (Å²) >= 11 is 5.81. The Morgan fingerprint density at radius 3 is 2.40 bits per heavy atom. The van der Waals surface area contributed by atoms with Gasteiger partial charge < -0.3 is 9.64 Å². The Labute approximate surface area is 153 Å². The van der Waals surface area contributed by atoms with E-state index in [2.05, 4.69) is 0 Å². The molecule has 0 radical (unpaired) electrons. The smallest absolute Gasteiger partial charge is 0.222 e. The second-order valence-electron chi connectivity index (χ2n) is 5.81. The molecule has 0 aliphatic rings. The van der Waals surface area contributed by atoms with Crippen LogP contribution in [0.15, 0.2) is 48.5 Å². The standard InChI is InChI=1S/C20H22ClNO3/c1-22(14-13-16-5-3-4-6-19(16)25-2)20(24)12-11-18(23)15-7-9-17(21)10-8-15/h3-10H,11-14H2,1-2H3. The van der Waals surface area contributed by atoms with Gasteiger partial charge in [0.15, 0.2) is 5.78 Å². The van der Waals surface area contributed by atoms with Crippen LogP contribution in [0.25, 0.3) is 0 Å². The van der Waals surface area contributed by atoms with E-state index in [-0.39, 0.29) is 24.5 Å². The van der Waals surface area contributed by atoms with E-state index >= 15 is 0 Å². The average Bonchev–Trinajstić information content (AvgIpc) is 2.64. The lowest BCUT2D eigenvalue weighted by molar-refractivity contribution is -0.129. The number of likely N-dealkylation sites (N-methyl/N-ethyl adjacent to an activating group) is 1. The van der Waals surface area contributed by atoms with Gasteiger partial charge in [0.25, 0.3) is 0 Å². The molecule has 0 spiro atoms. The van der Waals surface area contributed by atoms with Gasteiger partial charge in [0.2, 0.25) is 5.91 Å². The molecule has 0 heterocycles. The summed E-state index contributed by atoms with van der Waals surface area (Å²) < 4.78 is 5.32. The number of amides is 1. The van der Waals surface area contributed by atoms with Crippen LogP contribution < -0.4 is 4.74 Å². The van der Waals surface area contributed by atoms with Crippen molar-refractivity contribution < 1.29 is 14.3 Å². The normalized spacial score (nSPS) is 10.4. The van der Waals surface area contributed by atoms with E-state index in [1.165, 1.54) is 0 Å². The van der Waals surface area contributed by atoms with Crippen LogP contribution in [0.1, 0.15) is 28.8 Å². The van der Waals surface area contributed by atoms with Crippen molar-refractivity contribution in [1.82, 2.24) is 4.90 Å². The van der Waals surface area contributed by atoms with Crippen molar-refractivity contribution in [1.29, 1.82) is 0 Å². The van der Waals surface area contributed by atoms with E-state index in [1.807, 2.05) is 24.3 Å². The minimum atomic E-state index is -0.0526. The molecule has 4 nitrogen and oxygen atoms in total. The van der Waals surface area contributed by atoms with E-state index in [9.17, 15) is 9.59 Å². The number of para-hydroxylation sites is 1. The van der Waals surface area contributed by atoms with E-state index in [4.69, 9.17) is 16.3 Å². The van der Waals surface area contributed by atoms with Gasteiger partial charge in [-0.3, -0.25) is 9.59 Å². The molecule has 2 aromatic rings. The van der Waals surface area contributed by atoms with Crippen LogP contribution in [-0.2, 0) is 11.2 Å². The first-order chi connectivity index (χ1) is 12.0. The Morgan fingerprint density at radius 2 is 1.72 bits per heavy atom. The molecule has 1 amide bonds. The molecule has 0 saturated heterocycles. The summed E-state index contributed by atoms with van der Waals surface area (Å²) in [5, 5.41) is 0.587. The maximum absolute atomic E-state index is 12.2. The minimum Gasteiger partial charge on any atom is -0.496 e.